The minimum Gasteiger partial charge on any atom is -0.455 e. The molecule has 108 valence electrons. The molecule has 0 bridgehead atoms. The summed E-state index contributed by atoms with van der Waals surface area (Å²) in [6, 6.07) is 5.05. The van der Waals surface area contributed by atoms with Gasteiger partial charge in [-0.1, -0.05) is 36.2 Å². The van der Waals surface area contributed by atoms with Crippen LogP contribution >= 0.6 is 23.2 Å². The number of hydrogen-bond acceptors (Lipinski definition) is 3. The van der Waals surface area contributed by atoms with Gasteiger partial charge in [-0.15, -0.1) is 0 Å². The van der Waals surface area contributed by atoms with Gasteiger partial charge in [-0.05, 0) is 30.0 Å². The molecule has 4 nitrogen and oxygen atoms in total. The van der Waals surface area contributed by atoms with Crippen LogP contribution < -0.4 is 5.32 Å². The van der Waals surface area contributed by atoms with Gasteiger partial charge in [-0.2, -0.15) is 0 Å². The van der Waals surface area contributed by atoms with Gasteiger partial charge in [0.1, 0.15) is 0 Å². The molecule has 1 aromatic rings. The fourth-order valence-electron chi connectivity index (χ4n) is 1.80. The Hall–Kier alpha value is -1.26. The predicted molar refractivity (Wildman–Crippen MR) is 76.5 cm³/mol. The number of ether oxygens (including phenoxy) is 1. The van der Waals surface area contributed by atoms with Crippen LogP contribution in [-0.4, -0.2) is 18.5 Å². The maximum Gasteiger partial charge on any atom is 0.309 e. The van der Waals surface area contributed by atoms with Crippen LogP contribution in [0.25, 0.3) is 0 Å². The van der Waals surface area contributed by atoms with E-state index in [1.165, 1.54) is 0 Å². The van der Waals surface area contributed by atoms with Crippen molar-refractivity contribution in [2.24, 2.45) is 11.8 Å². The van der Waals surface area contributed by atoms with Crippen molar-refractivity contribution < 1.29 is 14.3 Å². The summed E-state index contributed by atoms with van der Waals surface area (Å²) in [6.07, 6.45) is 0.848. The average molecular weight is 316 g/mol. The highest BCUT2D eigenvalue weighted by atomic mass is 35.5. The van der Waals surface area contributed by atoms with E-state index in [9.17, 15) is 9.59 Å². The molecule has 0 spiro atoms. The Labute approximate surface area is 127 Å². The maximum absolute atomic E-state index is 11.6. The van der Waals surface area contributed by atoms with Crippen molar-refractivity contribution in [1.29, 1.82) is 0 Å². The van der Waals surface area contributed by atoms with Gasteiger partial charge in [0.15, 0.2) is 6.61 Å². The van der Waals surface area contributed by atoms with Crippen LogP contribution in [0.5, 0.6) is 0 Å². The molecule has 1 aliphatic rings. The second-order valence-electron chi connectivity index (χ2n) is 4.94. The summed E-state index contributed by atoms with van der Waals surface area (Å²) in [5.41, 5.74) is 0.756. The van der Waals surface area contributed by atoms with Gasteiger partial charge >= 0.3 is 5.97 Å². The van der Waals surface area contributed by atoms with Crippen molar-refractivity contribution in [3.63, 3.8) is 0 Å². The van der Waals surface area contributed by atoms with Crippen molar-refractivity contribution in [3.8, 4) is 0 Å². The summed E-state index contributed by atoms with van der Waals surface area (Å²) in [4.78, 5) is 23.0. The van der Waals surface area contributed by atoms with Gasteiger partial charge in [-0.3, -0.25) is 9.59 Å². The van der Waals surface area contributed by atoms with Crippen molar-refractivity contribution >= 4 is 35.1 Å². The lowest BCUT2D eigenvalue weighted by molar-refractivity contribution is -0.150. The van der Waals surface area contributed by atoms with Gasteiger partial charge in [0.2, 0.25) is 0 Å². The SMILES string of the molecule is C[C@H]1C[C@@H]1C(=O)OCC(=O)NCc1ccc(Cl)cc1Cl. The van der Waals surface area contributed by atoms with Crippen molar-refractivity contribution in [2.75, 3.05) is 6.61 Å². The first-order chi connectivity index (χ1) is 9.47. The lowest BCUT2D eigenvalue weighted by Crippen LogP contribution is -2.28. The molecule has 1 fully saturated rings. The highest BCUT2D eigenvalue weighted by Crippen LogP contribution is 2.38. The molecule has 20 heavy (non-hydrogen) atoms. The van der Waals surface area contributed by atoms with E-state index in [1.54, 1.807) is 18.2 Å². The molecule has 0 heterocycles. The molecule has 2 atom stereocenters. The Morgan fingerprint density at radius 2 is 2.10 bits per heavy atom. The van der Waals surface area contributed by atoms with E-state index < -0.39 is 0 Å². The second kappa shape index (κ2) is 6.46. The fourth-order valence-corrected chi connectivity index (χ4v) is 2.28. The lowest BCUT2D eigenvalue weighted by Gasteiger charge is -2.08. The molecule has 0 saturated heterocycles. The highest BCUT2D eigenvalue weighted by Gasteiger charge is 2.40. The smallest absolute Gasteiger partial charge is 0.309 e. The average Bonchev–Trinajstić information content (AvgIpc) is 3.12. The van der Waals surface area contributed by atoms with Crippen molar-refractivity contribution in [3.05, 3.63) is 33.8 Å². The molecule has 1 saturated carbocycles. The number of rotatable bonds is 5. The summed E-state index contributed by atoms with van der Waals surface area (Å²) in [5.74, 6) is -0.304. The number of esters is 1. The number of benzene rings is 1. The summed E-state index contributed by atoms with van der Waals surface area (Å²) in [6.45, 7) is 1.99. The topological polar surface area (TPSA) is 55.4 Å². The number of carbonyl (C=O) groups is 2. The van der Waals surface area contributed by atoms with Gasteiger partial charge < -0.3 is 10.1 Å². The molecule has 2 rings (SSSR count). The van der Waals surface area contributed by atoms with Gasteiger partial charge in [0, 0.05) is 16.6 Å². The maximum atomic E-state index is 11.6. The molecule has 0 aromatic heterocycles. The summed E-state index contributed by atoms with van der Waals surface area (Å²) in [5, 5.41) is 3.67. The molecule has 1 aromatic carbocycles. The summed E-state index contributed by atoms with van der Waals surface area (Å²) in [7, 11) is 0. The Kier molecular flexibility index (Phi) is 4.89. The molecule has 0 aliphatic heterocycles. The minimum absolute atomic E-state index is 0.0338. The number of hydrogen-bond donors (Lipinski definition) is 1. The number of nitrogens with one attached hydrogen (secondary N) is 1. The van der Waals surface area contributed by atoms with Crippen LogP contribution in [0.15, 0.2) is 18.2 Å². The lowest BCUT2D eigenvalue weighted by atomic mass is 10.2. The third kappa shape index (κ3) is 4.12. The zero-order valence-electron chi connectivity index (χ0n) is 11.0. The summed E-state index contributed by atoms with van der Waals surface area (Å²) < 4.78 is 4.93. The summed E-state index contributed by atoms with van der Waals surface area (Å²) >= 11 is 11.8. The molecule has 1 aliphatic carbocycles. The Balaban J connectivity index is 1.73. The second-order valence-corrected chi connectivity index (χ2v) is 5.78. The van der Waals surface area contributed by atoms with Gasteiger partial charge in [0.25, 0.3) is 5.91 Å². The Morgan fingerprint density at radius 3 is 2.70 bits per heavy atom. The molecular weight excluding hydrogens is 301 g/mol. The fraction of sp³-hybridized carbons (Fsp3) is 0.429. The van der Waals surface area contributed by atoms with E-state index in [1.807, 2.05) is 6.92 Å². The van der Waals surface area contributed by atoms with Crippen LogP contribution in [0, 0.1) is 11.8 Å². The van der Waals surface area contributed by atoms with Crippen LogP contribution in [-0.2, 0) is 20.9 Å². The predicted octanol–water partition coefficient (Wildman–Crippen LogP) is 2.81. The first kappa shape index (κ1) is 15.1. The molecular formula is C14H15Cl2NO3. The van der Waals surface area contributed by atoms with E-state index in [4.69, 9.17) is 27.9 Å². The standard InChI is InChI=1S/C14H15Cl2NO3/c1-8-4-11(8)14(19)20-7-13(18)17-6-9-2-3-10(15)5-12(9)16/h2-3,5,8,11H,4,6-7H2,1H3,(H,17,18)/t8-,11-/m0/s1. The first-order valence-corrected chi connectivity index (χ1v) is 7.10. The van der Waals surface area contributed by atoms with Crippen LogP contribution in [0.4, 0.5) is 0 Å². The van der Waals surface area contributed by atoms with E-state index in [-0.39, 0.29) is 30.9 Å². The van der Waals surface area contributed by atoms with Crippen LogP contribution in [0.2, 0.25) is 10.0 Å². The van der Waals surface area contributed by atoms with E-state index >= 15 is 0 Å². The van der Waals surface area contributed by atoms with Gasteiger partial charge in [0.05, 0.1) is 5.92 Å². The largest absolute Gasteiger partial charge is 0.455 e. The number of halogens is 2. The van der Waals surface area contributed by atoms with Crippen molar-refractivity contribution in [1.82, 2.24) is 5.32 Å². The first-order valence-electron chi connectivity index (χ1n) is 6.34. The number of carbonyl (C=O) groups excluding carboxylic acids is 2. The molecule has 0 radical (unpaired) electrons. The number of amides is 1. The van der Waals surface area contributed by atoms with Gasteiger partial charge in [-0.25, -0.2) is 0 Å². The van der Waals surface area contributed by atoms with E-state index in [2.05, 4.69) is 5.32 Å². The minimum atomic E-state index is -0.349. The molecule has 6 heteroatoms. The van der Waals surface area contributed by atoms with Crippen molar-refractivity contribution in [2.45, 2.75) is 19.9 Å². The normalized spacial score (nSPS) is 20.4. The third-order valence-corrected chi connectivity index (χ3v) is 3.84. The van der Waals surface area contributed by atoms with E-state index in [0.717, 1.165) is 12.0 Å². The zero-order valence-corrected chi connectivity index (χ0v) is 12.5. The van der Waals surface area contributed by atoms with Crippen LogP contribution in [0.3, 0.4) is 0 Å². The molecule has 1 N–H and O–H groups in total. The molecule has 0 unspecified atom stereocenters. The monoisotopic (exact) mass is 315 g/mol. The van der Waals surface area contributed by atoms with Crippen LogP contribution in [0.1, 0.15) is 18.9 Å². The highest BCUT2D eigenvalue weighted by molar-refractivity contribution is 6.35. The Bertz CT molecular complexity index is 533. The Morgan fingerprint density at radius 1 is 1.40 bits per heavy atom. The van der Waals surface area contributed by atoms with E-state index in [0.29, 0.717) is 16.0 Å². The third-order valence-electron chi connectivity index (χ3n) is 3.25. The molecule has 1 amide bonds. The zero-order chi connectivity index (χ0) is 14.7. The quantitative estimate of drug-likeness (QED) is 0.850.